The molecule has 4 heteroatoms. The van der Waals surface area contributed by atoms with Gasteiger partial charge < -0.3 is 11.1 Å². The van der Waals surface area contributed by atoms with E-state index in [0.29, 0.717) is 0 Å². The van der Waals surface area contributed by atoms with Gasteiger partial charge in [0.05, 0.1) is 29.0 Å². The van der Waals surface area contributed by atoms with Gasteiger partial charge in [0.2, 0.25) is 0 Å². The Hall–Kier alpha value is -2.75. The van der Waals surface area contributed by atoms with Crippen LogP contribution in [0.4, 0.5) is 17.1 Å². The van der Waals surface area contributed by atoms with E-state index in [4.69, 9.17) is 5.73 Å². The highest BCUT2D eigenvalue weighted by Gasteiger charge is 2.09. The number of benzene rings is 2. The number of nitrogens with two attached hydrogens (primary N) is 1. The maximum Gasteiger partial charge on any atom is 0.0885 e. The first kappa shape index (κ1) is 13.2. The third-order valence-corrected chi connectivity index (χ3v) is 3.64. The highest BCUT2D eigenvalue weighted by atomic mass is 15.1. The van der Waals surface area contributed by atoms with E-state index in [0.717, 1.165) is 28.3 Å². The van der Waals surface area contributed by atoms with Crippen LogP contribution in [0.15, 0.2) is 48.7 Å². The van der Waals surface area contributed by atoms with Crippen LogP contribution in [0.2, 0.25) is 0 Å². The minimum Gasteiger partial charge on any atom is -0.397 e. The average Bonchev–Trinajstić information content (AvgIpc) is 2.94. The smallest absolute Gasteiger partial charge is 0.0885 e. The van der Waals surface area contributed by atoms with Crippen molar-refractivity contribution in [2.24, 2.45) is 0 Å². The van der Waals surface area contributed by atoms with Crippen LogP contribution in [-0.4, -0.2) is 10.2 Å². The van der Waals surface area contributed by atoms with Gasteiger partial charge in [-0.3, -0.25) is 5.10 Å². The second-order valence-corrected chi connectivity index (χ2v) is 5.17. The maximum atomic E-state index is 6.10. The van der Waals surface area contributed by atoms with E-state index in [-0.39, 0.29) is 0 Å². The fourth-order valence-corrected chi connectivity index (χ4v) is 2.30. The zero-order chi connectivity index (χ0) is 14.8. The zero-order valence-corrected chi connectivity index (χ0v) is 12.1. The Balaban J connectivity index is 1.97. The van der Waals surface area contributed by atoms with Crippen molar-refractivity contribution in [3.63, 3.8) is 0 Å². The quantitative estimate of drug-likeness (QED) is 0.634. The molecule has 0 unspecified atom stereocenters. The molecule has 3 rings (SSSR count). The Labute approximate surface area is 124 Å². The maximum absolute atomic E-state index is 6.10. The van der Waals surface area contributed by atoms with Gasteiger partial charge in [0.1, 0.15) is 0 Å². The summed E-state index contributed by atoms with van der Waals surface area (Å²) < 4.78 is 0. The van der Waals surface area contributed by atoms with E-state index >= 15 is 0 Å². The molecule has 2 aromatic carbocycles. The van der Waals surface area contributed by atoms with E-state index in [1.54, 1.807) is 6.20 Å². The molecular formula is C17H18N4. The Morgan fingerprint density at radius 2 is 1.71 bits per heavy atom. The van der Waals surface area contributed by atoms with Crippen molar-refractivity contribution in [2.45, 2.75) is 13.8 Å². The monoisotopic (exact) mass is 278 g/mol. The fraction of sp³-hybridized carbons (Fsp3) is 0.118. The molecule has 0 fully saturated rings. The molecule has 0 atom stereocenters. The SMILES string of the molecule is Cc1cc(N)c(Nc2cn[nH]c2-c2ccccc2)cc1C. The molecule has 4 nitrogen and oxygen atoms in total. The van der Waals surface area contributed by atoms with Gasteiger partial charge in [-0.05, 0) is 37.1 Å². The molecule has 0 aliphatic heterocycles. The number of anilines is 3. The lowest BCUT2D eigenvalue weighted by molar-refractivity contribution is 1.10. The molecule has 0 radical (unpaired) electrons. The van der Waals surface area contributed by atoms with Gasteiger partial charge in [-0.1, -0.05) is 30.3 Å². The summed E-state index contributed by atoms with van der Waals surface area (Å²) in [6.45, 7) is 4.14. The van der Waals surface area contributed by atoms with Crippen LogP contribution < -0.4 is 11.1 Å². The number of hydrogen-bond acceptors (Lipinski definition) is 3. The zero-order valence-electron chi connectivity index (χ0n) is 12.1. The van der Waals surface area contributed by atoms with E-state index < -0.39 is 0 Å². The third-order valence-electron chi connectivity index (χ3n) is 3.64. The molecule has 4 N–H and O–H groups in total. The minimum absolute atomic E-state index is 0.735. The number of nitrogens with one attached hydrogen (secondary N) is 2. The highest BCUT2D eigenvalue weighted by molar-refractivity contribution is 5.81. The third kappa shape index (κ3) is 2.60. The summed E-state index contributed by atoms with van der Waals surface area (Å²) in [5.41, 5.74) is 13.1. The number of aromatic amines is 1. The first-order valence-electron chi connectivity index (χ1n) is 6.87. The molecule has 3 aromatic rings. The van der Waals surface area contributed by atoms with Gasteiger partial charge in [-0.25, -0.2) is 0 Å². The Morgan fingerprint density at radius 1 is 1.00 bits per heavy atom. The van der Waals surface area contributed by atoms with Crippen LogP contribution in [0.5, 0.6) is 0 Å². The van der Waals surface area contributed by atoms with Crippen molar-refractivity contribution < 1.29 is 0 Å². The Morgan fingerprint density at radius 3 is 2.48 bits per heavy atom. The minimum atomic E-state index is 0.735. The van der Waals surface area contributed by atoms with Crippen LogP contribution >= 0.6 is 0 Å². The van der Waals surface area contributed by atoms with Gasteiger partial charge in [-0.2, -0.15) is 5.10 Å². The van der Waals surface area contributed by atoms with Crippen molar-refractivity contribution in [3.05, 3.63) is 59.8 Å². The first-order chi connectivity index (χ1) is 10.1. The molecule has 0 amide bonds. The Bertz CT molecular complexity index is 760. The molecule has 0 saturated carbocycles. The second-order valence-electron chi connectivity index (χ2n) is 5.17. The summed E-state index contributed by atoms with van der Waals surface area (Å²) in [7, 11) is 0. The number of aryl methyl sites for hydroxylation is 2. The van der Waals surface area contributed by atoms with Crippen LogP contribution in [0.1, 0.15) is 11.1 Å². The molecule has 0 aliphatic rings. The summed E-state index contributed by atoms with van der Waals surface area (Å²) in [4.78, 5) is 0. The van der Waals surface area contributed by atoms with Crippen molar-refractivity contribution in [2.75, 3.05) is 11.1 Å². The fourth-order valence-electron chi connectivity index (χ4n) is 2.30. The highest BCUT2D eigenvalue weighted by Crippen LogP contribution is 2.31. The predicted octanol–water partition coefficient (Wildman–Crippen LogP) is 4.02. The van der Waals surface area contributed by atoms with Crippen molar-refractivity contribution in [1.29, 1.82) is 0 Å². The van der Waals surface area contributed by atoms with Gasteiger partial charge in [0.15, 0.2) is 0 Å². The Kier molecular flexibility index (Phi) is 3.36. The average molecular weight is 278 g/mol. The van der Waals surface area contributed by atoms with Gasteiger partial charge in [0, 0.05) is 5.56 Å². The lowest BCUT2D eigenvalue weighted by Crippen LogP contribution is -1.98. The number of aromatic nitrogens is 2. The topological polar surface area (TPSA) is 66.7 Å². The van der Waals surface area contributed by atoms with E-state index in [1.807, 2.05) is 36.4 Å². The van der Waals surface area contributed by atoms with Crippen molar-refractivity contribution >= 4 is 17.1 Å². The number of rotatable bonds is 3. The largest absolute Gasteiger partial charge is 0.397 e. The second kappa shape index (κ2) is 5.32. The molecule has 0 saturated heterocycles. The summed E-state index contributed by atoms with van der Waals surface area (Å²) in [6.07, 6.45) is 1.77. The number of hydrogen-bond donors (Lipinski definition) is 3. The van der Waals surface area contributed by atoms with E-state index in [1.165, 1.54) is 11.1 Å². The van der Waals surface area contributed by atoms with Crippen LogP contribution in [0.25, 0.3) is 11.3 Å². The predicted molar refractivity (Wildman–Crippen MR) is 87.6 cm³/mol. The summed E-state index contributed by atoms with van der Waals surface area (Å²) in [6, 6.07) is 14.1. The molecule has 0 aliphatic carbocycles. The lowest BCUT2D eigenvalue weighted by Gasteiger charge is -2.12. The summed E-state index contributed by atoms with van der Waals surface area (Å²) in [5, 5.41) is 10.5. The molecule has 0 bridgehead atoms. The molecule has 0 spiro atoms. The first-order valence-corrected chi connectivity index (χ1v) is 6.87. The van der Waals surface area contributed by atoms with Crippen molar-refractivity contribution in [1.82, 2.24) is 10.2 Å². The van der Waals surface area contributed by atoms with Crippen LogP contribution in [0.3, 0.4) is 0 Å². The summed E-state index contributed by atoms with van der Waals surface area (Å²) >= 11 is 0. The number of nitrogen functional groups attached to an aromatic ring is 1. The lowest BCUT2D eigenvalue weighted by atomic mass is 10.1. The normalized spacial score (nSPS) is 10.6. The van der Waals surface area contributed by atoms with Gasteiger partial charge in [-0.15, -0.1) is 0 Å². The van der Waals surface area contributed by atoms with Crippen molar-refractivity contribution in [3.8, 4) is 11.3 Å². The summed E-state index contributed by atoms with van der Waals surface area (Å²) in [5.74, 6) is 0. The van der Waals surface area contributed by atoms with Crippen LogP contribution in [0, 0.1) is 13.8 Å². The molecular weight excluding hydrogens is 260 g/mol. The van der Waals surface area contributed by atoms with Gasteiger partial charge >= 0.3 is 0 Å². The molecule has 1 aromatic heterocycles. The standard InChI is InChI=1S/C17H18N4/c1-11-8-14(18)15(9-12(11)2)20-16-10-19-21-17(16)13-6-4-3-5-7-13/h3-10,20H,18H2,1-2H3,(H,19,21). The van der Waals surface area contributed by atoms with E-state index in [9.17, 15) is 0 Å². The number of nitrogens with zero attached hydrogens (tertiary/aromatic N) is 1. The van der Waals surface area contributed by atoms with Crippen LogP contribution in [-0.2, 0) is 0 Å². The molecule has 1 heterocycles. The number of H-pyrrole nitrogens is 1. The molecule has 106 valence electrons. The molecule has 21 heavy (non-hydrogen) atoms. The van der Waals surface area contributed by atoms with E-state index in [2.05, 4.69) is 35.4 Å². The van der Waals surface area contributed by atoms with Gasteiger partial charge in [0.25, 0.3) is 0 Å².